The van der Waals surface area contributed by atoms with Crippen LogP contribution in [0.2, 0.25) is 0 Å². The van der Waals surface area contributed by atoms with E-state index in [2.05, 4.69) is 10.4 Å². The van der Waals surface area contributed by atoms with Crippen molar-refractivity contribution in [3.8, 4) is 0 Å². The highest BCUT2D eigenvalue weighted by Crippen LogP contribution is 2.02. The third kappa shape index (κ3) is 4.31. The molecule has 0 aliphatic rings. The van der Waals surface area contributed by atoms with Crippen LogP contribution in [0.5, 0.6) is 0 Å². The van der Waals surface area contributed by atoms with Crippen LogP contribution in [0.15, 0.2) is 33.9 Å². The average Bonchev–Trinajstić information content (AvgIpc) is 2.49. The van der Waals surface area contributed by atoms with Crippen molar-refractivity contribution < 1.29 is 14.3 Å². The van der Waals surface area contributed by atoms with E-state index in [1.54, 1.807) is 32.9 Å². The van der Waals surface area contributed by atoms with Crippen molar-refractivity contribution in [1.29, 1.82) is 0 Å². The minimum Gasteiger partial charge on any atom is -0.454 e. The number of rotatable bonds is 4. The Morgan fingerprint density at radius 2 is 1.79 bits per heavy atom. The van der Waals surface area contributed by atoms with Gasteiger partial charge in [-0.25, -0.2) is 4.68 Å². The molecule has 0 saturated heterocycles. The van der Waals surface area contributed by atoms with Gasteiger partial charge in [0.15, 0.2) is 6.61 Å². The molecule has 0 radical (unpaired) electrons. The highest BCUT2D eigenvalue weighted by atomic mass is 16.5. The normalized spacial score (nSPS) is 11.3. The summed E-state index contributed by atoms with van der Waals surface area (Å²) in [7, 11) is 0. The van der Waals surface area contributed by atoms with Crippen LogP contribution in [0.25, 0.3) is 10.8 Å². The number of fused-ring (bicyclic) bond motifs is 1. The monoisotopic (exact) mass is 333 g/mol. The summed E-state index contributed by atoms with van der Waals surface area (Å²) >= 11 is 0. The molecule has 24 heavy (non-hydrogen) atoms. The number of carbonyl (C=O) groups is 2. The van der Waals surface area contributed by atoms with Crippen LogP contribution in [-0.2, 0) is 20.9 Å². The maximum Gasteiger partial charge on any atom is 0.328 e. The molecule has 0 unspecified atom stereocenters. The second-order valence-corrected chi connectivity index (χ2v) is 6.34. The second-order valence-electron chi connectivity index (χ2n) is 6.34. The first-order valence-corrected chi connectivity index (χ1v) is 7.36. The number of aromatic amines is 1. The third-order valence-corrected chi connectivity index (χ3v) is 3.05. The van der Waals surface area contributed by atoms with Gasteiger partial charge in [-0.05, 0) is 32.9 Å². The van der Waals surface area contributed by atoms with Crippen LogP contribution in [-0.4, -0.2) is 33.8 Å². The van der Waals surface area contributed by atoms with E-state index in [0.717, 1.165) is 4.68 Å². The quantitative estimate of drug-likeness (QED) is 0.774. The average molecular weight is 333 g/mol. The molecule has 1 amide bonds. The topological polar surface area (TPSA) is 110 Å². The van der Waals surface area contributed by atoms with Crippen LogP contribution >= 0.6 is 0 Å². The highest BCUT2D eigenvalue weighted by molar-refractivity contribution is 5.82. The summed E-state index contributed by atoms with van der Waals surface area (Å²) in [5, 5.41) is 5.42. The van der Waals surface area contributed by atoms with Crippen molar-refractivity contribution in [2.75, 3.05) is 6.61 Å². The molecule has 2 aromatic rings. The van der Waals surface area contributed by atoms with Gasteiger partial charge in [-0.2, -0.15) is 0 Å². The van der Waals surface area contributed by atoms with Gasteiger partial charge >= 0.3 is 5.97 Å². The second kappa shape index (κ2) is 6.69. The first-order valence-electron chi connectivity index (χ1n) is 7.36. The lowest BCUT2D eigenvalue weighted by Crippen LogP contribution is -2.43. The molecular formula is C16H19N3O5. The van der Waals surface area contributed by atoms with Crippen molar-refractivity contribution in [1.82, 2.24) is 15.1 Å². The van der Waals surface area contributed by atoms with Crippen LogP contribution in [0.4, 0.5) is 0 Å². The zero-order valence-corrected chi connectivity index (χ0v) is 13.7. The molecular weight excluding hydrogens is 314 g/mol. The molecule has 1 aromatic heterocycles. The highest BCUT2D eigenvalue weighted by Gasteiger charge is 2.16. The fourth-order valence-corrected chi connectivity index (χ4v) is 2.13. The predicted octanol–water partition coefficient (Wildman–Crippen LogP) is 0.148. The molecule has 0 aliphatic carbocycles. The molecule has 1 heterocycles. The lowest BCUT2D eigenvalue weighted by Gasteiger charge is -2.20. The van der Waals surface area contributed by atoms with Crippen molar-refractivity contribution in [3.05, 3.63) is 45.0 Å². The van der Waals surface area contributed by atoms with Crippen LogP contribution in [0.3, 0.4) is 0 Å². The van der Waals surface area contributed by atoms with Gasteiger partial charge < -0.3 is 10.1 Å². The minimum atomic E-state index is -0.799. The van der Waals surface area contributed by atoms with Gasteiger partial charge in [0, 0.05) is 5.54 Å². The van der Waals surface area contributed by atoms with Gasteiger partial charge in [0.1, 0.15) is 6.54 Å². The van der Waals surface area contributed by atoms with E-state index in [9.17, 15) is 19.2 Å². The first kappa shape index (κ1) is 17.5. The first-order chi connectivity index (χ1) is 11.2. The summed E-state index contributed by atoms with van der Waals surface area (Å²) in [6, 6.07) is 6.30. The fourth-order valence-electron chi connectivity index (χ4n) is 2.13. The summed E-state index contributed by atoms with van der Waals surface area (Å²) in [6.07, 6.45) is 0. The van der Waals surface area contributed by atoms with Gasteiger partial charge in [0.2, 0.25) is 0 Å². The Morgan fingerprint density at radius 1 is 1.17 bits per heavy atom. The molecule has 2 N–H and O–H groups in total. The molecule has 1 aromatic carbocycles. The number of hydrogen-bond donors (Lipinski definition) is 2. The number of ether oxygens (including phenoxy) is 1. The largest absolute Gasteiger partial charge is 0.454 e. The Labute approximate surface area is 137 Å². The smallest absolute Gasteiger partial charge is 0.328 e. The Kier molecular flexibility index (Phi) is 4.87. The summed E-state index contributed by atoms with van der Waals surface area (Å²) in [4.78, 5) is 47.6. The number of benzene rings is 1. The predicted molar refractivity (Wildman–Crippen MR) is 87.7 cm³/mol. The molecule has 0 spiro atoms. The van der Waals surface area contributed by atoms with Crippen molar-refractivity contribution >= 4 is 22.6 Å². The summed E-state index contributed by atoms with van der Waals surface area (Å²) < 4.78 is 5.70. The van der Waals surface area contributed by atoms with E-state index >= 15 is 0 Å². The third-order valence-electron chi connectivity index (χ3n) is 3.05. The number of amides is 1. The van der Waals surface area contributed by atoms with Crippen molar-refractivity contribution in [2.24, 2.45) is 0 Å². The Morgan fingerprint density at radius 3 is 2.42 bits per heavy atom. The maximum atomic E-state index is 12.2. The maximum absolute atomic E-state index is 12.2. The Bertz CT molecular complexity index is 889. The standard InChI is InChI=1S/C16H19N3O5/c1-16(2,3)17-12(20)9-24-13(21)8-19-15(23)11-7-5-4-6-10(11)14(22)18-19/h4-7H,8-9H2,1-3H3,(H,17,20)(H,18,22). The van der Waals surface area contributed by atoms with E-state index in [-0.39, 0.29) is 10.8 Å². The molecule has 0 fully saturated rings. The summed E-state index contributed by atoms with van der Waals surface area (Å²) in [5.41, 5.74) is -1.44. The van der Waals surface area contributed by atoms with E-state index in [1.165, 1.54) is 12.1 Å². The molecule has 0 aliphatic heterocycles. The number of aromatic nitrogens is 2. The molecule has 2 rings (SSSR count). The van der Waals surface area contributed by atoms with Gasteiger partial charge in [0.25, 0.3) is 17.0 Å². The Balaban J connectivity index is 2.09. The van der Waals surface area contributed by atoms with E-state index in [0.29, 0.717) is 0 Å². The minimum absolute atomic E-state index is 0.208. The number of carbonyl (C=O) groups excluding carboxylic acids is 2. The molecule has 8 nitrogen and oxygen atoms in total. The lowest BCUT2D eigenvalue weighted by atomic mass is 10.1. The van der Waals surface area contributed by atoms with E-state index < -0.39 is 41.7 Å². The van der Waals surface area contributed by atoms with Gasteiger partial charge in [-0.1, -0.05) is 12.1 Å². The Hall–Kier alpha value is -2.90. The SMILES string of the molecule is CC(C)(C)NC(=O)COC(=O)Cn1[nH]c(=O)c2ccccc2c1=O. The van der Waals surface area contributed by atoms with Crippen LogP contribution in [0.1, 0.15) is 20.8 Å². The summed E-state index contributed by atoms with van der Waals surface area (Å²) in [5.74, 6) is -1.25. The number of nitrogens with one attached hydrogen (secondary N) is 2. The zero-order valence-electron chi connectivity index (χ0n) is 13.7. The number of H-pyrrole nitrogens is 1. The van der Waals surface area contributed by atoms with Gasteiger partial charge in [-0.3, -0.25) is 24.3 Å². The van der Waals surface area contributed by atoms with Gasteiger partial charge in [0.05, 0.1) is 10.8 Å². The molecule has 8 heteroatoms. The zero-order chi connectivity index (χ0) is 17.9. The molecule has 0 saturated carbocycles. The van der Waals surface area contributed by atoms with Gasteiger partial charge in [-0.15, -0.1) is 0 Å². The van der Waals surface area contributed by atoms with E-state index in [1.807, 2.05) is 0 Å². The number of hydrogen-bond acceptors (Lipinski definition) is 5. The summed E-state index contributed by atoms with van der Waals surface area (Å²) in [6.45, 7) is 4.45. The number of esters is 1. The van der Waals surface area contributed by atoms with E-state index in [4.69, 9.17) is 4.74 Å². The lowest BCUT2D eigenvalue weighted by molar-refractivity contribution is -0.149. The van der Waals surface area contributed by atoms with Crippen LogP contribution in [0, 0.1) is 0 Å². The fraction of sp³-hybridized carbons (Fsp3) is 0.375. The van der Waals surface area contributed by atoms with Crippen molar-refractivity contribution in [3.63, 3.8) is 0 Å². The van der Waals surface area contributed by atoms with Crippen LogP contribution < -0.4 is 16.4 Å². The molecule has 0 atom stereocenters. The van der Waals surface area contributed by atoms with Crippen molar-refractivity contribution in [2.45, 2.75) is 32.9 Å². The molecule has 128 valence electrons. The molecule has 0 bridgehead atoms. The number of nitrogens with zero attached hydrogens (tertiary/aromatic N) is 1.